The Labute approximate surface area is 373 Å². The molecule has 0 aliphatic rings. The van der Waals surface area contributed by atoms with Gasteiger partial charge >= 0.3 is 17.9 Å². The Bertz CT molecular complexity index is 1920. The summed E-state index contributed by atoms with van der Waals surface area (Å²) in [7, 11) is 1.64. The maximum absolute atomic E-state index is 10.8. The van der Waals surface area contributed by atoms with E-state index in [4.69, 9.17) is 34.3 Å². The molecule has 316 valence electrons. The molecule has 0 fully saturated rings. The number of carbonyl (C=O) groups is 3. The molecule has 12 nitrogen and oxygen atoms in total. The van der Waals surface area contributed by atoms with Crippen LogP contribution in [0.2, 0.25) is 0 Å². The van der Waals surface area contributed by atoms with Gasteiger partial charge in [-0.15, -0.1) is 0 Å². The number of carboxylic acids is 3. The monoisotopic (exact) mass is 1060 g/mol. The number of nitrogens with one attached hydrogen (secondary N) is 2. The molecule has 0 bridgehead atoms. The summed E-state index contributed by atoms with van der Waals surface area (Å²) in [5.41, 5.74) is 5.60. The van der Waals surface area contributed by atoms with Crippen LogP contribution in [0, 0.1) is 0 Å². The highest BCUT2D eigenvalue weighted by atomic mass is 79.9. The van der Waals surface area contributed by atoms with Crippen molar-refractivity contribution >= 4 is 93.0 Å². The molecule has 4 aromatic carbocycles. The molecule has 0 unspecified atom stereocenters. The summed E-state index contributed by atoms with van der Waals surface area (Å²) < 4.78 is 26.5. The Morgan fingerprint density at radius 1 is 0.569 bits per heavy atom. The number of methoxy groups -OCH3 is 1. The number of para-hydroxylation sites is 2. The standard InChI is InChI=1S/C20H23Br2NO4.C19H21Br2NO4.C3H6O2/c1-3-23-17-7-5-6-14(19(17)26-4-2)12-27-20-15(21)10-13(11-16(20)22)8-9-18(24)25;1-3-22-16-6-4-5-13(18(16)25-2)11-26-19-14(20)9-12(10-15(19)21)7-8-17(23)24;1-2-3(4)5/h5-7,10-11,23H,3-4,8-9,12H2,1-2H3,(H,24,25);4-6,9-10,22H,3,7-8,11H2,1-2H3,(H,23,24);2H2,1H3,(H,4,5). The fourth-order valence-corrected chi connectivity index (χ4v) is 8.22. The summed E-state index contributed by atoms with van der Waals surface area (Å²) in [5.74, 6) is 0.527. The lowest BCUT2D eigenvalue weighted by Crippen LogP contribution is -2.06. The van der Waals surface area contributed by atoms with Crippen molar-refractivity contribution in [2.45, 2.75) is 73.0 Å². The molecule has 58 heavy (non-hydrogen) atoms. The maximum Gasteiger partial charge on any atom is 0.303 e. The molecule has 4 rings (SSSR count). The zero-order valence-electron chi connectivity index (χ0n) is 33.1. The van der Waals surface area contributed by atoms with Gasteiger partial charge in [0, 0.05) is 43.5 Å². The number of aryl methyl sites for hydroxylation is 2. The SMILES string of the molecule is CCC(=O)O.CCNc1cccc(COc2c(Br)cc(CCC(=O)O)cc2Br)c1OC.CCNc1cccc(COc2c(Br)cc(CCC(=O)O)cc2Br)c1OCC. The van der Waals surface area contributed by atoms with Gasteiger partial charge in [0.05, 0.1) is 43.0 Å². The molecule has 0 aliphatic heterocycles. The zero-order valence-corrected chi connectivity index (χ0v) is 39.4. The second-order valence-corrected chi connectivity index (χ2v) is 15.6. The second-order valence-electron chi connectivity index (χ2n) is 12.2. The zero-order chi connectivity index (χ0) is 43.2. The first-order chi connectivity index (χ1) is 27.7. The van der Waals surface area contributed by atoms with Crippen molar-refractivity contribution in [1.82, 2.24) is 0 Å². The smallest absolute Gasteiger partial charge is 0.303 e. The third-order valence-corrected chi connectivity index (χ3v) is 10.2. The third-order valence-electron chi connectivity index (χ3n) is 7.84. The number of hydrogen-bond donors (Lipinski definition) is 5. The molecule has 0 atom stereocenters. The van der Waals surface area contributed by atoms with Gasteiger partial charge in [0.1, 0.15) is 36.2 Å². The van der Waals surface area contributed by atoms with Crippen LogP contribution in [-0.2, 0) is 40.4 Å². The Hall–Kier alpha value is -3.99. The largest absolute Gasteiger partial charge is 0.494 e. The van der Waals surface area contributed by atoms with Crippen LogP contribution in [0.25, 0.3) is 0 Å². The minimum absolute atomic E-state index is 0.0908. The predicted molar refractivity (Wildman–Crippen MR) is 241 cm³/mol. The second kappa shape index (κ2) is 26.9. The van der Waals surface area contributed by atoms with Crippen molar-refractivity contribution in [1.29, 1.82) is 0 Å². The van der Waals surface area contributed by atoms with Crippen molar-refractivity contribution in [2.24, 2.45) is 0 Å². The molecule has 0 spiro atoms. The summed E-state index contributed by atoms with van der Waals surface area (Å²) in [6, 6.07) is 19.4. The van der Waals surface area contributed by atoms with Gasteiger partial charge in [-0.05, 0) is 145 Å². The number of ether oxygens (including phenoxy) is 4. The Morgan fingerprint density at radius 3 is 1.28 bits per heavy atom. The molecule has 0 radical (unpaired) electrons. The van der Waals surface area contributed by atoms with Crippen molar-refractivity contribution < 1.29 is 48.7 Å². The molecular weight excluding hydrogens is 1010 g/mol. The number of benzene rings is 4. The average Bonchev–Trinajstić information content (AvgIpc) is 3.17. The van der Waals surface area contributed by atoms with Crippen LogP contribution in [0.3, 0.4) is 0 Å². The molecular formula is C42H50Br4N2O10. The fraction of sp³-hybridized carbons (Fsp3) is 0.357. The highest BCUT2D eigenvalue weighted by Gasteiger charge is 2.16. The highest BCUT2D eigenvalue weighted by Crippen LogP contribution is 2.39. The summed E-state index contributed by atoms with van der Waals surface area (Å²) in [6.07, 6.45) is 1.33. The highest BCUT2D eigenvalue weighted by molar-refractivity contribution is 9.11. The van der Waals surface area contributed by atoms with E-state index in [0.717, 1.165) is 76.1 Å². The number of aliphatic carboxylic acids is 3. The molecule has 0 aliphatic carbocycles. The minimum Gasteiger partial charge on any atom is -0.494 e. The topological polar surface area (TPSA) is 173 Å². The molecule has 0 saturated carbocycles. The first-order valence-electron chi connectivity index (χ1n) is 18.4. The molecule has 16 heteroatoms. The lowest BCUT2D eigenvalue weighted by Gasteiger charge is -2.17. The first kappa shape index (κ1) is 50.2. The predicted octanol–water partition coefficient (Wildman–Crippen LogP) is 11.4. The van der Waals surface area contributed by atoms with E-state index in [2.05, 4.69) is 74.4 Å². The van der Waals surface area contributed by atoms with Gasteiger partial charge < -0.3 is 44.9 Å². The lowest BCUT2D eigenvalue weighted by molar-refractivity contribution is -0.138. The van der Waals surface area contributed by atoms with Crippen LogP contribution in [0.15, 0.2) is 78.6 Å². The van der Waals surface area contributed by atoms with Gasteiger partial charge in [-0.3, -0.25) is 14.4 Å². The Morgan fingerprint density at radius 2 is 0.948 bits per heavy atom. The lowest BCUT2D eigenvalue weighted by atomic mass is 10.1. The molecule has 5 N–H and O–H groups in total. The number of halogens is 4. The van der Waals surface area contributed by atoms with E-state index >= 15 is 0 Å². The van der Waals surface area contributed by atoms with E-state index in [0.29, 0.717) is 44.2 Å². The van der Waals surface area contributed by atoms with Crippen LogP contribution >= 0.6 is 63.7 Å². The normalized spacial score (nSPS) is 10.2. The molecule has 4 aromatic rings. The summed E-state index contributed by atoms with van der Waals surface area (Å²) in [6.45, 7) is 10.5. The molecule has 0 heterocycles. The van der Waals surface area contributed by atoms with E-state index in [1.165, 1.54) is 0 Å². The van der Waals surface area contributed by atoms with Crippen LogP contribution in [0.4, 0.5) is 11.4 Å². The van der Waals surface area contributed by atoms with Crippen LogP contribution in [0.5, 0.6) is 23.0 Å². The van der Waals surface area contributed by atoms with E-state index in [-0.39, 0.29) is 19.3 Å². The van der Waals surface area contributed by atoms with Crippen molar-refractivity contribution in [3.05, 3.63) is 101 Å². The van der Waals surface area contributed by atoms with Crippen molar-refractivity contribution in [3.63, 3.8) is 0 Å². The maximum atomic E-state index is 10.8. The van der Waals surface area contributed by atoms with Gasteiger partial charge in [0.2, 0.25) is 0 Å². The van der Waals surface area contributed by atoms with E-state index in [1.807, 2.05) is 81.4 Å². The van der Waals surface area contributed by atoms with Crippen molar-refractivity contribution in [2.75, 3.05) is 37.4 Å². The van der Waals surface area contributed by atoms with Crippen molar-refractivity contribution in [3.8, 4) is 23.0 Å². The van der Waals surface area contributed by atoms with Gasteiger partial charge in [0.15, 0.2) is 0 Å². The number of anilines is 2. The van der Waals surface area contributed by atoms with Gasteiger partial charge in [-0.2, -0.15) is 0 Å². The summed E-state index contributed by atoms with van der Waals surface area (Å²) in [4.78, 5) is 30.9. The third kappa shape index (κ3) is 17.1. The fourth-order valence-electron chi connectivity index (χ4n) is 5.20. The Kier molecular flexibility index (Phi) is 23.3. The first-order valence-corrected chi connectivity index (χ1v) is 21.6. The molecule has 0 saturated heterocycles. The van der Waals surface area contributed by atoms with Crippen LogP contribution in [0.1, 0.15) is 69.2 Å². The van der Waals surface area contributed by atoms with E-state index < -0.39 is 17.9 Å². The number of hydrogen-bond acceptors (Lipinski definition) is 9. The van der Waals surface area contributed by atoms with E-state index in [1.54, 1.807) is 14.0 Å². The van der Waals surface area contributed by atoms with Crippen LogP contribution in [-0.4, -0.2) is 60.0 Å². The Balaban J connectivity index is 0.000000358. The van der Waals surface area contributed by atoms with E-state index in [9.17, 15) is 14.4 Å². The quantitative estimate of drug-likeness (QED) is 0.0568. The summed E-state index contributed by atoms with van der Waals surface area (Å²) >= 11 is 14.1. The number of carboxylic acid groups (broad SMARTS) is 3. The molecule has 0 amide bonds. The number of rotatable bonds is 20. The minimum atomic E-state index is -0.815. The van der Waals surface area contributed by atoms with Crippen LogP contribution < -0.4 is 29.6 Å². The average molecular weight is 1060 g/mol. The van der Waals surface area contributed by atoms with Gasteiger partial charge in [0.25, 0.3) is 0 Å². The van der Waals surface area contributed by atoms with Gasteiger partial charge in [-0.25, -0.2) is 0 Å². The van der Waals surface area contributed by atoms with Gasteiger partial charge in [-0.1, -0.05) is 31.2 Å². The molecule has 0 aromatic heterocycles. The summed E-state index contributed by atoms with van der Waals surface area (Å²) in [5, 5.41) is 32.0.